The topological polar surface area (TPSA) is 105 Å². The molecule has 0 saturated carbocycles. The van der Waals surface area contributed by atoms with Crippen molar-refractivity contribution < 1.29 is 24.2 Å². The van der Waals surface area contributed by atoms with Gasteiger partial charge in [-0.15, -0.1) is 0 Å². The van der Waals surface area contributed by atoms with Crippen molar-refractivity contribution in [2.45, 2.75) is 46.0 Å². The highest BCUT2D eigenvalue weighted by Gasteiger charge is 2.29. The minimum Gasteiger partial charge on any atom is -0.481 e. The molecule has 0 spiro atoms. The fraction of sp³-hybridized carbons (Fsp3) is 0.464. The molecule has 2 aromatic carbocycles. The lowest BCUT2D eigenvalue weighted by Gasteiger charge is -2.20. The van der Waals surface area contributed by atoms with Crippen molar-refractivity contribution in [3.05, 3.63) is 59.7 Å². The Kier molecular flexibility index (Phi) is 9.29. The number of aliphatic carboxylic acids is 1. The van der Waals surface area contributed by atoms with Gasteiger partial charge in [0.1, 0.15) is 6.61 Å². The van der Waals surface area contributed by atoms with Gasteiger partial charge in [0.05, 0.1) is 6.42 Å². The number of fused-ring (bicyclic) bond motifs is 3. The van der Waals surface area contributed by atoms with Crippen LogP contribution in [0, 0.1) is 17.8 Å². The summed E-state index contributed by atoms with van der Waals surface area (Å²) < 4.78 is 5.54. The van der Waals surface area contributed by atoms with Crippen LogP contribution in [0.25, 0.3) is 11.1 Å². The lowest BCUT2D eigenvalue weighted by Crippen LogP contribution is -2.34. The van der Waals surface area contributed by atoms with Gasteiger partial charge in [-0.25, -0.2) is 4.79 Å². The number of carbonyl (C=O) groups excluding carboxylic acids is 2. The second kappa shape index (κ2) is 12.4. The van der Waals surface area contributed by atoms with Crippen LogP contribution in [0.3, 0.4) is 0 Å². The highest BCUT2D eigenvalue weighted by atomic mass is 16.5. The molecular weight excluding hydrogens is 444 g/mol. The number of hydrogen-bond acceptors (Lipinski definition) is 4. The Morgan fingerprint density at radius 3 is 2.09 bits per heavy atom. The zero-order valence-corrected chi connectivity index (χ0v) is 20.8. The standard InChI is InChI=1S/C28H36N2O5/c1-18(2)20(15-27(32)33)16-30-26(31)14-19(3)12-13-29-28(34)35-17-25-23-10-6-4-8-21(23)22-9-5-7-11-24(22)25/h4-11,18-20,25H,12-17H2,1-3H3,(H,29,34)(H,30,31)(H,32,33). The molecule has 3 N–H and O–H groups in total. The maximum Gasteiger partial charge on any atom is 0.407 e. The maximum absolute atomic E-state index is 12.3. The van der Waals surface area contributed by atoms with E-state index in [1.807, 2.05) is 45.0 Å². The first-order chi connectivity index (χ1) is 16.8. The summed E-state index contributed by atoms with van der Waals surface area (Å²) >= 11 is 0. The average molecular weight is 481 g/mol. The summed E-state index contributed by atoms with van der Waals surface area (Å²) in [6.45, 7) is 6.91. The Labute approximate surface area is 207 Å². The molecule has 0 saturated heterocycles. The fourth-order valence-electron chi connectivity index (χ4n) is 4.57. The second-order valence-corrected chi connectivity index (χ2v) is 9.76. The molecule has 2 atom stereocenters. The van der Waals surface area contributed by atoms with Crippen molar-refractivity contribution in [2.24, 2.45) is 17.8 Å². The summed E-state index contributed by atoms with van der Waals surface area (Å²) in [6, 6.07) is 16.4. The second-order valence-electron chi connectivity index (χ2n) is 9.76. The zero-order valence-electron chi connectivity index (χ0n) is 20.8. The average Bonchev–Trinajstić information content (AvgIpc) is 3.13. The van der Waals surface area contributed by atoms with Gasteiger partial charge in [-0.2, -0.15) is 0 Å². The van der Waals surface area contributed by atoms with Gasteiger partial charge in [-0.3, -0.25) is 9.59 Å². The molecule has 0 fully saturated rings. The molecular formula is C28H36N2O5. The molecule has 0 bridgehead atoms. The van der Waals surface area contributed by atoms with Crippen LogP contribution in [0.1, 0.15) is 57.1 Å². The van der Waals surface area contributed by atoms with E-state index >= 15 is 0 Å². The maximum atomic E-state index is 12.3. The van der Waals surface area contributed by atoms with E-state index in [2.05, 4.69) is 34.9 Å². The SMILES string of the molecule is CC(CCNC(=O)OCC1c2ccccc2-c2ccccc21)CC(=O)NCC(CC(=O)O)C(C)C. The van der Waals surface area contributed by atoms with Gasteiger partial charge in [0.15, 0.2) is 0 Å². The molecule has 0 aliphatic heterocycles. The minimum atomic E-state index is -0.856. The van der Waals surface area contributed by atoms with Crippen LogP contribution < -0.4 is 10.6 Å². The zero-order chi connectivity index (χ0) is 25.4. The molecule has 0 aromatic heterocycles. The quantitative estimate of drug-likeness (QED) is 0.405. The third kappa shape index (κ3) is 7.31. The van der Waals surface area contributed by atoms with Crippen LogP contribution in [-0.2, 0) is 14.3 Å². The highest BCUT2D eigenvalue weighted by Crippen LogP contribution is 2.44. The molecule has 2 aromatic rings. The van der Waals surface area contributed by atoms with Crippen LogP contribution in [-0.4, -0.2) is 42.8 Å². The smallest absolute Gasteiger partial charge is 0.407 e. The lowest BCUT2D eigenvalue weighted by molar-refractivity contribution is -0.138. The Morgan fingerprint density at radius 1 is 0.914 bits per heavy atom. The highest BCUT2D eigenvalue weighted by molar-refractivity contribution is 5.79. The van der Waals surface area contributed by atoms with Crippen LogP contribution >= 0.6 is 0 Å². The number of hydrogen-bond donors (Lipinski definition) is 3. The summed E-state index contributed by atoms with van der Waals surface area (Å²) in [6.07, 6.45) is 0.541. The number of amides is 2. The Morgan fingerprint density at radius 2 is 1.51 bits per heavy atom. The molecule has 2 amide bonds. The number of alkyl carbamates (subject to hydrolysis) is 1. The Hall–Kier alpha value is -3.35. The van der Waals surface area contributed by atoms with Crippen LogP contribution in [0.2, 0.25) is 0 Å². The minimum absolute atomic E-state index is 0.0200. The van der Waals surface area contributed by atoms with E-state index in [9.17, 15) is 14.4 Å². The summed E-state index contributed by atoms with van der Waals surface area (Å²) in [5, 5.41) is 14.7. The molecule has 1 aliphatic rings. The molecule has 35 heavy (non-hydrogen) atoms. The predicted molar refractivity (Wildman–Crippen MR) is 135 cm³/mol. The lowest BCUT2D eigenvalue weighted by atomic mass is 9.92. The monoisotopic (exact) mass is 480 g/mol. The van der Waals surface area contributed by atoms with Crippen LogP contribution in [0.15, 0.2) is 48.5 Å². The molecule has 7 nitrogen and oxygen atoms in total. The third-order valence-electron chi connectivity index (χ3n) is 6.73. The van der Waals surface area contributed by atoms with Crippen molar-refractivity contribution in [2.75, 3.05) is 19.7 Å². The number of carboxylic acids is 1. The summed E-state index contributed by atoms with van der Waals surface area (Å²) in [5.74, 6) is -0.792. The molecule has 2 unspecified atom stereocenters. The van der Waals surface area contributed by atoms with E-state index in [0.717, 1.165) is 0 Å². The van der Waals surface area contributed by atoms with Gasteiger partial charge in [0.2, 0.25) is 5.91 Å². The number of benzene rings is 2. The van der Waals surface area contributed by atoms with E-state index in [1.165, 1.54) is 22.3 Å². The van der Waals surface area contributed by atoms with Crippen LogP contribution in [0.5, 0.6) is 0 Å². The van der Waals surface area contributed by atoms with Crippen molar-refractivity contribution >= 4 is 18.0 Å². The normalized spacial score (nSPS) is 14.1. The first-order valence-electron chi connectivity index (χ1n) is 12.3. The number of carbonyl (C=O) groups is 3. The van der Waals surface area contributed by atoms with Crippen molar-refractivity contribution in [3.8, 4) is 11.1 Å². The molecule has 188 valence electrons. The third-order valence-corrected chi connectivity index (χ3v) is 6.73. The predicted octanol–water partition coefficient (Wildman–Crippen LogP) is 4.80. The number of ether oxygens (including phenoxy) is 1. The van der Waals surface area contributed by atoms with Gasteiger partial charge in [0.25, 0.3) is 0 Å². The summed E-state index contributed by atoms with van der Waals surface area (Å²) in [5.41, 5.74) is 4.71. The largest absolute Gasteiger partial charge is 0.481 e. The van der Waals surface area contributed by atoms with Crippen molar-refractivity contribution in [1.82, 2.24) is 10.6 Å². The molecule has 7 heteroatoms. The summed E-state index contributed by atoms with van der Waals surface area (Å²) in [4.78, 5) is 35.5. The number of nitrogens with one attached hydrogen (secondary N) is 2. The molecule has 3 rings (SSSR count). The molecule has 0 radical (unpaired) electrons. The van der Waals surface area contributed by atoms with E-state index in [1.54, 1.807) is 0 Å². The van der Waals surface area contributed by atoms with Crippen molar-refractivity contribution in [1.29, 1.82) is 0 Å². The van der Waals surface area contributed by atoms with E-state index < -0.39 is 12.1 Å². The van der Waals surface area contributed by atoms with Gasteiger partial charge >= 0.3 is 12.1 Å². The van der Waals surface area contributed by atoms with E-state index in [0.29, 0.717) is 25.9 Å². The van der Waals surface area contributed by atoms with Crippen molar-refractivity contribution in [3.63, 3.8) is 0 Å². The first kappa shape index (κ1) is 26.3. The fourth-order valence-corrected chi connectivity index (χ4v) is 4.57. The van der Waals surface area contributed by atoms with Gasteiger partial charge < -0.3 is 20.5 Å². The number of carboxylic acid groups (broad SMARTS) is 1. The first-order valence-corrected chi connectivity index (χ1v) is 12.3. The van der Waals surface area contributed by atoms with Gasteiger partial charge in [-0.1, -0.05) is 69.3 Å². The molecule has 1 aliphatic carbocycles. The Balaban J connectivity index is 1.38. The Bertz CT molecular complexity index is 990. The summed E-state index contributed by atoms with van der Waals surface area (Å²) in [7, 11) is 0. The van der Waals surface area contributed by atoms with Gasteiger partial charge in [0, 0.05) is 25.4 Å². The number of rotatable bonds is 12. The van der Waals surface area contributed by atoms with Crippen LogP contribution in [0.4, 0.5) is 4.79 Å². The molecule has 0 heterocycles. The van der Waals surface area contributed by atoms with E-state index in [-0.39, 0.29) is 42.6 Å². The van der Waals surface area contributed by atoms with Gasteiger partial charge in [-0.05, 0) is 46.4 Å². The van der Waals surface area contributed by atoms with E-state index in [4.69, 9.17) is 9.84 Å².